The summed E-state index contributed by atoms with van der Waals surface area (Å²) >= 11 is 0. The fourth-order valence-corrected chi connectivity index (χ4v) is 6.76. The van der Waals surface area contributed by atoms with Gasteiger partial charge in [-0.2, -0.15) is 0 Å². The van der Waals surface area contributed by atoms with Gasteiger partial charge in [0, 0.05) is 18.2 Å². The number of hydrogen-bond acceptors (Lipinski definition) is 4. The van der Waals surface area contributed by atoms with Gasteiger partial charge in [0.15, 0.2) is 0 Å². The quantitative estimate of drug-likeness (QED) is 0.354. The summed E-state index contributed by atoms with van der Waals surface area (Å²) in [5.41, 5.74) is 8.37. The predicted molar refractivity (Wildman–Crippen MR) is 158 cm³/mol. The van der Waals surface area contributed by atoms with E-state index in [1.54, 1.807) is 12.7 Å². The molecule has 3 aliphatic rings. The highest BCUT2D eigenvalue weighted by Gasteiger charge is 2.27. The van der Waals surface area contributed by atoms with Gasteiger partial charge in [-0.05, 0) is 124 Å². The van der Waals surface area contributed by atoms with Gasteiger partial charge in [0.25, 0.3) is 0 Å². The van der Waals surface area contributed by atoms with E-state index in [0.29, 0.717) is 12.5 Å². The Balaban J connectivity index is 1.18. The van der Waals surface area contributed by atoms with Gasteiger partial charge in [-0.15, -0.1) is 0 Å². The van der Waals surface area contributed by atoms with Crippen molar-refractivity contribution in [3.8, 4) is 11.5 Å². The maximum absolute atomic E-state index is 6.26. The van der Waals surface area contributed by atoms with Gasteiger partial charge in [0.05, 0.1) is 7.11 Å². The summed E-state index contributed by atoms with van der Waals surface area (Å²) in [6.45, 7) is 13.7. The van der Waals surface area contributed by atoms with E-state index >= 15 is 0 Å². The van der Waals surface area contributed by atoms with Crippen LogP contribution >= 0.6 is 0 Å². The Kier molecular flexibility index (Phi) is 9.12. The number of methoxy groups -OCH3 is 1. The Labute approximate surface area is 231 Å². The molecule has 2 fully saturated rings. The van der Waals surface area contributed by atoms with Crippen LogP contribution in [0.15, 0.2) is 42.0 Å². The molecular weight excluding hydrogens is 468 g/mol. The minimum Gasteiger partial charge on any atom is -0.496 e. The number of rotatable bonds is 9. The van der Waals surface area contributed by atoms with Gasteiger partial charge in [0.2, 0.25) is 0 Å². The van der Waals surface area contributed by atoms with Gasteiger partial charge in [-0.3, -0.25) is 4.90 Å². The van der Waals surface area contributed by atoms with Crippen LogP contribution in [0.5, 0.6) is 11.5 Å². The first kappa shape index (κ1) is 27.3. The van der Waals surface area contributed by atoms with Crippen molar-refractivity contribution in [2.45, 2.75) is 84.8 Å². The molecule has 2 aromatic rings. The molecule has 0 unspecified atom stereocenters. The minimum atomic E-state index is 0.525. The predicted octanol–water partition coefficient (Wildman–Crippen LogP) is 7.14. The van der Waals surface area contributed by atoms with Crippen molar-refractivity contribution in [1.29, 1.82) is 0 Å². The number of ether oxygens (including phenoxy) is 2. The molecule has 4 nitrogen and oxygen atoms in total. The van der Waals surface area contributed by atoms with Crippen LogP contribution in [0, 0.1) is 5.92 Å². The highest BCUT2D eigenvalue weighted by molar-refractivity contribution is 5.72. The maximum atomic E-state index is 6.26. The topological polar surface area (TPSA) is 24.9 Å². The summed E-state index contributed by atoms with van der Waals surface area (Å²) in [7, 11) is 1.75. The highest BCUT2D eigenvalue weighted by atomic mass is 16.5. The zero-order valence-electron chi connectivity index (χ0n) is 24.2. The van der Waals surface area contributed by atoms with Crippen molar-refractivity contribution >= 4 is 5.57 Å². The Morgan fingerprint density at radius 2 is 1.71 bits per heavy atom. The van der Waals surface area contributed by atoms with Crippen LogP contribution in [0.4, 0.5) is 0 Å². The van der Waals surface area contributed by atoms with Gasteiger partial charge in [0.1, 0.15) is 18.1 Å². The van der Waals surface area contributed by atoms with Gasteiger partial charge in [-0.25, -0.2) is 0 Å². The highest BCUT2D eigenvalue weighted by Crippen LogP contribution is 2.35. The van der Waals surface area contributed by atoms with Crippen LogP contribution in [0.25, 0.3) is 5.57 Å². The largest absolute Gasteiger partial charge is 0.496 e. The SMILES string of the molecule is COc1cc(CC(C)C)ccc1COc1ccc2c(c1)CCC(CN1CCC(N3CCCCC3)CC1)=C2C. The molecule has 2 aliphatic heterocycles. The van der Waals surface area contributed by atoms with Crippen LogP contribution in [0.1, 0.15) is 81.5 Å². The number of nitrogens with zero attached hydrogens (tertiary/aromatic N) is 2. The molecule has 2 saturated heterocycles. The molecule has 0 saturated carbocycles. The van der Waals surface area contributed by atoms with E-state index in [2.05, 4.69) is 67.0 Å². The molecule has 1 aliphatic carbocycles. The van der Waals surface area contributed by atoms with Crippen molar-refractivity contribution < 1.29 is 9.47 Å². The van der Waals surface area contributed by atoms with Crippen molar-refractivity contribution in [3.63, 3.8) is 0 Å². The third-order valence-corrected chi connectivity index (χ3v) is 8.98. The molecule has 2 aromatic carbocycles. The number of likely N-dealkylation sites (tertiary alicyclic amines) is 2. The summed E-state index contributed by atoms with van der Waals surface area (Å²) in [5.74, 6) is 2.50. The molecule has 0 spiro atoms. The third kappa shape index (κ3) is 6.63. The monoisotopic (exact) mass is 516 g/mol. The fourth-order valence-electron chi connectivity index (χ4n) is 6.76. The maximum Gasteiger partial charge on any atom is 0.125 e. The lowest BCUT2D eigenvalue weighted by atomic mass is 9.85. The molecule has 0 atom stereocenters. The number of fused-ring (bicyclic) bond motifs is 1. The summed E-state index contributed by atoms with van der Waals surface area (Å²) in [5, 5.41) is 0. The average molecular weight is 517 g/mol. The second kappa shape index (κ2) is 12.7. The minimum absolute atomic E-state index is 0.525. The molecule has 5 rings (SSSR count). The first-order chi connectivity index (χ1) is 18.5. The Bertz CT molecular complexity index is 1110. The Morgan fingerprint density at radius 1 is 0.921 bits per heavy atom. The van der Waals surface area contributed by atoms with E-state index in [-0.39, 0.29) is 0 Å². The average Bonchev–Trinajstić information content (AvgIpc) is 2.94. The fraction of sp³-hybridized carbons (Fsp3) is 0.588. The second-order valence-electron chi connectivity index (χ2n) is 12.2. The van der Waals surface area contributed by atoms with Crippen LogP contribution in [-0.4, -0.2) is 55.7 Å². The van der Waals surface area contributed by atoms with E-state index < -0.39 is 0 Å². The Hall–Kier alpha value is -2.30. The smallest absolute Gasteiger partial charge is 0.125 e. The molecule has 38 heavy (non-hydrogen) atoms. The summed E-state index contributed by atoms with van der Waals surface area (Å²) in [6.07, 6.45) is 10.3. The lowest BCUT2D eigenvalue weighted by molar-refractivity contribution is 0.0961. The summed E-state index contributed by atoms with van der Waals surface area (Å²) in [6, 6.07) is 14.0. The van der Waals surface area contributed by atoms with E-state index in [4.69, 9.17) is 9.47 Å². The molecule has 0 aromatic heterocycles. The van der Waals surface area contributed by atoms with Crippen molar-refractivity contribution in [2.75, 3.05) is 39.8 Å². The molecular formula is C34H48N2O2. The zero-order valence-corrected chi connectivity index (χ0v) is 24.2. The lowest BCUT2D eigenvalue weighted by Crippen LogP contribution is -2.47. The summed E-state index contributed by atoms with van der Waals surface area (Å²) in [4.78, 5) is 5.49. The standard InChI is InChI=1S/C34H48N2O2/c1-25(2)20-27-8-9-30(34(21-27)37-4)24-38-32-12-13-33-26(3)29(11-10-28(33)22-32)23-35-18-14-31(15-19-35)36-16-6-5-7-17-36/h8-9,12-13,21-22,25,31H,5-7,10-11,14-20,23-24H2,1-4H3. The number of benzene rings is 2. The number of hydrogen-bond donors (Lipinski definition) is 0. The van der Waals surface area contributed by atoms with Crippen molar-refractivity contribution in [1.82, 2.24) is 9.80 Å². The van der Waals surface area contributed by atoms with Gasteiger partial charge < -0.3 is 14.4 Å². The molecule has 0 radical (unpaired) electrons. The number of aryl methyl sites for hydroxylation is 1. The van der Waals surface area contributed by atoms with Crippen LogP contribution in [-0.2, 0) is 19.4 Å². The van der Waals surface area contributed by atoms with E-state index in [1.165, 1.54) is 87.0 Å². The first-order valence-electron chi connectivity index (χ1n) is 15.1. The molecule has 206 valence electrons. The summed E-state index contributed by atoms with van der Waals surface area (Å²) < 4.78 is 11.9. The van der Waals surface area contributed by atoms with Crippen LogP contribution in [0.2, 0.25) is 0 Å². The molecule has 0 bridgehead atoms. The van der Waals surface area contributed by atoms with Crippen molar-refractivity contribution in [2.24, 2.45) is 5.92 Å². The number of piperidine rings is 2. The van der Waals surface area contributed by atoms with Crippen molar-refractivity contribution in [3.05, 3.63) is 64.2 Å². The van der Waals surface area contributed by atoms with E-state index in [9.17, 15) is 0 Å². The number of allylic oxidation sites excluding steroid dienone is 1. The molecule has 0 N–H and O–H groups in total. The third-order valence-electron chi connectivity index (χ3n) is 8.98. The Morgan fingerprint density at radius 3 is 2.45 bits per heavy atom. The normalized spacial score (nSPS) is 19.6. The van der Waals surface area contributed by atoms with Gasteiger partial charge >= 0.3 is 0 Å². The molecule has 2 heterocycles. The molecule has 0 amide bonds. The lowest BCUT2D eigenvalue weighted by Gasteiger charge is -2.40. The first-order valence-corrected chi connectivity index (χ1v) is 15.1. The zero-order chi connectivity index (χ0) is 26.5. The van der Waals surface area contributed by atoms with E-state index in [1.807, 2.05) is 0 Å². The van der Waals surface area contributed by atoms with Gasteiger partial charge in [-0.1, -0.05) is 44.0 Å². The van der Waals surface area contributed by atoms with Crippen LogP contribution in [0.3, 0.4) is 0 Å². The molecule has 4 heteroatoms. The van der Waals surface area contributed by atoms with Crippen LogP contribution < -0.4 is 9.47 Å². The van der Waals surface area contributed by atoms with E-state index in [0.717, 1.165) is 42.5 Å². The second-order valence-corrected chi connectivity index (χ2v) is 12.2.